The number of anilines is 1. The van der Waals surface area contributed by atoms with Gasteiger partial charge in [-0.05, 0) is 81.0 Å². The summed E-state index contributed by atoms with van der Waals surface area (Å²) >= 11 is 5.41. The molecule has 22 heavy (non-hydrogen) atoms. The molecule has 0 saturated heterocycles. The first-order valence-corrected chi connectivity index (χ1v) is 7.74. The third-order valence-electron chi connectivity index (χ3n) is 2.53. The molecule has 0 aliphatic heterocycles. The van der Waals surface area contributed by atoms with Crippen LogP contribution in [0.2, 0.25) is 0 Å². The maximum absolute atomic E-state index is 12.1. The van der Waals surface area contributed by atoms with Crippen LogP contribution in [0.5, 0.6) is 5.75 Å². The summed E-state index contributed by atoms with van der Waals surface area (Å²) in [6.07, 6.45) is -4.74. The lowest BCUT2D eigenvalue weighted by molar-refractivity contribution is -0.274. The van der Waals surface area contributed by atoms with Gasteiger partial charge in [-0.3, -0.25) is 4.79 Å². The number of nitrogens with one attached hydrogen (secondary N) is 1. The Labute approximate surface area is 146 Å². The van der Waals surface area contributed by atoms with E-state index >= 15 is 0 Å². The number of hydrogen-bond acceptors (Lipinski definition) is 2. The van der Waals surface area contributed by atoms with Crippen molar-refractivity contribution in [2.75, 3.05) is 5.32 Å². The van der Waals surface area contributed by atoms with E-state index in [1.165, 1.54) is 12.1 Å². The second-order valence-electron chi connectivity index (χ2n) is 4.16. The molecule has 0 atom stereocenters. The van der Waals surface area contributed by atoms with Gasteiger partial charge in [-0.1, -0.05) is 0 Å². The van der Waals surface area contributed by atoms with Crippen LogP contribution >= 0.6 is 38.5 Å². The lowest BCUT2D eigenvalue weighted by Crippen LogP contribution is -2.17. The first-order valence-electron chi connectivity index (χ1n) is 5.87. The molecule has 116 valence electrons. The van der Waals surface area contributed by atoms with Crippen molar-refractivity contribution in [3.63, 3.8) is 0 Å². The SMILES string of the molecule is O=C(Nc1ccc(OC(F)(F)F)cc1)c1ccc(Br)c(I)c1. The Morgan fingerprint density at radius 2 is 1.77 bits per heavy atom. The van der Waals surface area contributed by atoms with Gasteiger partial charge in [0.15, 0.2) is 0 Å². The van der Waals surface area contributed by atoms with Gasteiger partial charge in [0.05, 0.1) is 0 Å². The van der Waals surface area contributed by atoms with Crippen molar-refractivity contribution in [1.29, 1.82) is 0 Å². The van der Waals surface area contributed by atoms with Crippen LogP contribution in [0.1, 0.15) is 10.4 Å². The minimum Gasteiger partial charge on any atom is -0.406 e. The summed E-state index contributed by atoms with van der Waals surface area (Å²) in [7, 11) is 0. The first-order chi connectivity index (χ1) is 10.2. The minimum absolute atomic E-state index is 0.344. The Morgan fingerprint density at radius 3 is 2.32 bits per heavy atom. The van der Waals surface area contributed by atoms with Crippen molar-refractivity contribution >= 4 is 50.1 Å². The maximum atomic E-state index is 12.1. The molecular formula is C14H8BrF3INO2. The van der Waals surface area contributed by atoms with Gasteiger partial charge >= 0.3 is 6.36 Å². The lowest BCUT2D eigenvalue weighted by Gasteiger charge is -2.10. The standard InChI is InChI=1S/C14H8BrF3INO2/c15-11-6-1-8(7-12(11)19)13(21)20-9-2-4-10(5-3-9)22-14(16,17)18/h1-7H,(H,20,21). The van der Waals surface area contributed by atoms with Crippen LogP contribution in [-0.2, 0) is 0 Å². The summed E-state index contributed by atoms with van der Waals surface area (Å²) in [5, 5.41) is 2.60. The minimum atomic E-state index is -4.74. The molecule has 0 saturated carbocycles. The molecule has 0 aromatic heterocycles. The van der Waals surface area contributed by atoms with Gasteiger partial charge in [0.25, 0.3) is 5.91 Å². The fourth-order valence-corrected chi connectivity index (χ4v) is 2.34. The second-order valence-corrected chi connectivity index (χ2v) is 6.17. The summed E-state index contributed by atoms with van der Waals surface area (Å²) in [5.41, 5.74) is 0.820. The Balaban J connectivity index is 2.07. The Morgan fingerprint density at radius 1 is 1.14 bits per heavy atom. The Bertz CT molecular complexity index is 689. The van der Waals surface area contributed by atoms with E-state index in [1.54, 1.807) is 18.2 Å². The number of hydrogen-bond donors (Lipinski definition) is 1. The van der Waals surface area contributed by atoms with Crippen molar-refractivity contribution < 1.29 is 22.7 Å². The van der Waals surface area contributed by atoms with E-state index in [9.17, 15) is 18.0 Å². The molecule has 2 aromatic carbocycles. The van der Waals surface area contributed by atoms with E-state index in [4.69, 9.17) is 0 Å². The molecular weight excluding hydrogens is 478 g/mol. The highest BCUT2D eigenvalue weighted by molar-refractivity contribution is 14.1. The van der Waals surface area contributed by atoms with Gasteiger partial charge in [0.1, 0.15) is 5.75 Å². The van der Waals surface area contributed by atoms with Crippen LogP contribution in [0.25, 0.3) is 0 Å². The fraction of sp³-hybridized carbons (Fsp3) is 0.0714. The molecule has 3 nitrogen and oxygen atoms in total. The zero-order valence-corrected chi connectivity index (χ0v) is 14.5. The number of carbonyl (C=O) groups excluding carboxylic acids is 1. The number of alkyl halides is 3. The van der Waals surface area contributed by atoms with E-state index in [1.807, 2.05) is 0 Å². The molecule has 0 radical (unpaired) electrons. The van der Waals surface area contributed by atoms with Gasteiger partial charge in [0, 0.05) is 19.3 Å². The quantitative estimate of drug-likeness (QED) is 0.606. The summed E-state index contributed by atoms with van der Waals surface area (Å²) in [4.78, 5) is 12.1. The van der Waals surface area contributed by atoms with E-state index in [2.05, 4.69) is 48.6 Å². The molecule has 2 rings (SSSR count). The van der Waals surface area contributed by atoms with E-state index < -0.39 is 6.36 Å². The predicted octanol–water partition coefficient (Wildman–Crippen LogP) is 5.20. The summed E-state index contributed by atoms with van der Waals surface area (Å²) < 4.78 is 41.6. The zero-order chi connectivity index (χ0) is 16.3. The van der Waals surface area contributed by atoms with Crippen molar-refractivity contribution in [2.24, 2.45) is 0 Å². The molecule has 0 fully saturated rings. The van der Waals surface area contributed by atoms with Crippen molar-refractivity contribution in [1.82, 2.24) is 0 Å². The average molecular weight is 486 g/mol. The number of benzene rings is 2. The van der Waals surface area contributed by atoms with E-state index in [0.29, 0.717) is 11.3 Å². The highest BCUT2D eigenvalue weighted by Crippen LogP contribution is 2.24. The average Bonchev–Trinajstić information content (AvgIpc) is 2.42. The van der Waals surface area contributed by atoms with Crippen LogP contribution in [0.3, 0.4) is 0 Å². The van der Waals surface area contributed by atoms with E-state index in [-0.39, 0.29) is 11.7 Å². The molecule has 0 unspecified atom stereocenters. The molecule has 0 aliphatic carbocycles. The van der Waals surface area contributed by atoms with Gasteiger partial charge in [-0.15, -0.1) is 13.2 Å². The molecule has 0 heterocycles. The number of carbonyl (C=O) groups is 1. The topological polar surface area (TPSA) is 38.3 Å². The van der Waals surface area contributed by atoms with Crippen LogP contribution in [0, 0.1) is 3.57 Å². The predicted molar refractivity (Wildman–Crippen MR) is 87.9 cm³/mol. The molecule has 0 bridgehead atoms. The van der Waals surface area contributed by atoms with Gasteiger partial charge in [-0.2, -0.15) is 0 Å². The Hall–Kier alpha value is -1.29. The smallest absolute Gasteiger partial charge is 0.406 e. The van der Waals surface area contributed by atoms with Gasteiger partial charge < -0.3 is 10.1 Å². The number of rotatable bonds is 3. The molecule has 8 heteroatoms. The highest BCUT2D eigenvalue weighted by atomic mass is 127. The largest absolute Gasteiger partial charge is 0.573 e. The van der Waals surface area contributed by atoms with Crippen LogP contribution < -0.4 is 10.1 Å². The third-order valence-corrected chi connectivity index (χ3v) is 4.85. The number of ether oxygens (including phenoxy) is 1. The van der Waals surface area contributed by atoms with Gasteiger partial charge in [0.2, 0.25) is 0 Å². The lowest BCUT2D eigenvalue weighted by atomic mass is 10.2. The molecule has 2 aromatic rings. The van der Waals surface area contributed by atoms with Crippen LogP contribution in [-0.4, -0.2) is 12.3 Å². The monoisotopic (exact) mass is 485 g/mol. The summed E-state index contributed by atoms with van der Waals surface area (Å²) in [6.45, 7) is 0. The van der Waals surface area contributed by atoms with Crippen LogP contribution in [0.4, 0.5) is 18.9 Å². The molecule has 0 aliphatic rings. The third kappa shape index (κ3) is 4.87. The van der Waals surface area contributed by atoms with E-state index in [0.717, 1.165) is 20.2 Å². The van der Waals surface area contributed by atoms with Gasteiger partial charge in [-0.25, -0.2) is 0 Å². The second kappa shape index (κ2) is 6.86. The normalized spacial score (nSPS) is 11.1. The summed E-state index contributed by atoms with van der Waals surface area (Å²) in [6, 6.07) is 10.0. The summed E-state index contributed by atoms with van der Waals surface area (Å²) in [5.74, 6) is -0.696. The van der Waals surface area contributed by atoms with Crippen molar-refractivity contribution in [3.05, 3.63) is 56.1 Å². The molecule has 1 N–H and O–H groups in total. The van der Waals surface area contributed by atoms with Crippen molar-refractivity contribution in [2.45, 2.75) is 6.36 Å². The fourth-order valence-electron chi connectivity index (χ4n) is 1.58. The first kappa shape index (κ1) is 17.1. The Kier molecular flexibility index (Phi) is 5.32. The molecule has 0 spiro atoms. The number of halogens is 5. The number of amides is 1. The maximum Gasteiger partial charge on any atom is 0.573 e. The zero-order valence-electron chi connectivity index (χ0n) is 10.7. The van der Waals surface area contributed by atoms with Crippen LogP contribution in [0.15, 0.2) is 46.9 Å². The highest BCUT2D eigenvalue weighted by Gasteiger charge is 2.30. The van der Waals surface area contributed by atoms with Crippen molar-refractivity contribution in [3.8, 4) is 5.75 Å². The molecule has 1 amide bonds.